The Bertz CT molecular complexity index is 435. The zero-order valence-corrected chi connectivity index (χ0v) is 11.9. The number of ether oxygens (including phenoxy) is 1. The van der Waals surface area contributed by atoms with Crippen molar-refractivity contribution in [3.8, 4) is 0 Å². The predicted octanol–water partition coefficient (Wildman–Crippen LogP) is 3.08. The van der Waals surface area contributed by atoms with Crippen LogP contribution in [0, 0.1) is 5.92 Å². The van der Waals surface area contributed by atoms with Crippen LogP contribution in [0.2, 0.25) is 0 Å². The van der Waals surface area contributed by atoms with Crippen LogP contribution in [0.15, 0.2) is 27.6 Å². The summed E-state index contributed by atoms with van der Waals surface area (Å²) >= 11 is 5.01. The van der Waals surface area contributed by atoms with Gasteiger partial charge in [0.25, 0.3) is 0 Å². The largest absolute Gasteiger partial charge is 0.468 e. The van der Waals surface area contributed by atoms with Crippen molar-refractivity contribution in [2.45, 2.75) is 23.0 Å². The van der Waals surface area contributed by atoms with Crippen LogP contribution in [0.5, 0.6) is 0 Å². The van der Waals surface area contributed by atoms with Crippen molar-refractivity contribution in [1.82, 2.24) is 0 Å². The molecule has 1 aliphatic rings. The number of hydrogen-bond donors (Lipinski definition) is 1. The normalized spacial score (nSPS) is 16.6. The summed E-state index contributed by atoms with van der Waals surface area (Å²) in [5, 5.41) is -0.0973. The maximum absolute atomic E-state index is 11.7. The number of benzene rings is 1. The van der Waals surface area contributed by atoms with Gasteiger partial charge in [-0.1, -0.05) is 0 Å². The summed E-state index contributed by atoms with van der Waals surface area (Å²) < 4.78 is 5.78. The highest BCUT2D eigenvalue weighted by atomic mass is 79.9. The molecular weight excluding hydrogens is 302 g/mol. The fourth-order valence-corrected chi connectivity index (χ4v) is 3.53. The van der Waals surface area contributed by atoms with E-state index in [9.17, 15) is 4.79 Å². The van der Waals surface area contributed by atoms with Gasteiger partial charge in [-0.25, -0.2) is 0 Å². The molecule has 1 aromatic rings. The molecule has 1 unspecified atom stereocenters. The number of thioether (sulfide) groups is 1. The van der Waals surface area contributed by atoms with E-state index in [4.69, 9.17) is 10.5 Å². The van der Waals surface area contributed by atoms with E-state index in [1.807, 2.05) is 18.2 Å². The maximum atomic E-state index is 11.7. The third kappa shape index (κ3) is 3.16. The molecule has 5 heteroatoms. The van der Waals surface area contributed by atoms with E-state index in [2.05, 4.69) is 15.9 Å². The van der Waals surface area contributed by atoms with E-state index in [1.54, 1.807) is 11.8 Å². The second kappa shape index (κ2) is 5.31. The molecule has 2 N–H and O–H groups in total. The first-order chi connectivity index (χ1) is 8.11. The van der Waals surface area contributed by atoms with Gasteiger partial charge in [0.2, 0.25) is 0 Å². The number of esters is 1. The van der Waals surface area contributed by atoms with E-state index < -0.39 is 0 Å². The fraction of sp³-hybridized carbons (Fsp3) is 0.417. The zero-order chi connectivity index (χ0) is 12.4. The van der Waals surface area contributed by atoms with Crippen molar-refractivity contribution in [2.75, 3.05) is 12.8 Å². The molecule has 0 spiro atoms. The highest BCUT2D eigenvalue weighted by Crippen LogP contribution is 2.44. The lowest BCUT2D eigenvalue weighted by Gasteiger charge is -2.14. The molecule has 1 saturated carbocycles. The van der Waals surface area contributed by atoms with Gasteiger partial charge in [0.1, 0.15) is 5.25 Å². The topological polar surface area (TPSA) is 52.3 Å². The molecule has 17 heavy (non-hydrogen) atoms. The summed E-state index contributed by atoms with van der Waals surface area (Å²) in [4.78, 5) is 12.7. The molecule has 0 saturated heterocycles. The van der Waals surface area contributed by atoms with Gasteiger partial charge >= 0.3 is 5.97 Å². The molecule has 1 fully saturated rings. The number of nitrogens with two attached hydrogens (primary N) is 1. The number of carbonyl (C=O) groups excluding carboxylic acids is 1. The summed E-state index contributed by atoms with van der Waals surface area (Å²) in [6, 6.07) is 5.63. The van der Waals surface area contributed by atoms with E-state index >= 15 is 0 Å². The predicted molar refractivity (Wildman–Crippen MR) is 72.9 cm³/mol. The number of nitrogen functional groups attached to an aromatic ring is 1. The third-order valence-electron chi connectivity index (χ3n) is 2.69. The number of hydrogen-bond acceptors (Lipinski definition) is 4. The monoisotopic (exact) mass is 315 g/mol. The van der Waals surface area contributed by atoms with Gasteiger partial charge in [-0.05, 0) is 52.9 Å². The fourth-order valence-electron chi connectivity index (χ4n) is 1.60. The molecule has 1 aliphatic carbocycles. The van der Waals surface area contributed by atoms with Gasteiger partial charge in [-0.2, -0.15) is 0 Å². The summed E-state index contributed by atoms with van der Waals surface area (Å²) in [6.07, 6.45) is 2.22. The van der Waals surface area contributed by atoms with Crippen molar-refractivity contribution < 1.29 is 9.53 Å². The molecule has 0 heterocycles. The lowest BCUT2D eigenvalue weighted by atomic mass is 10.3. The van der Waals surface area contributed by atoms with E-state index in [0.29, 0.717) is 11.6 Å². The Morgan fingerprint density at radius 2 is 2.29 bits per heavy atom. The smallest absolute Gasteiger partial charge is 0.319 e. The lowest BCUT2D eigenvalue weighted by Crippen LogP contribution is -2.20. The Balaban J connectivity index is 2.14. The molecule has 0 radical (unpaired) electrons. The molecule has 0 amide bonds. The van der Waals surface area contributed by atoms with Crippen LogP contribution in [0.4, 0.5) is 5.69 Å². The number of carbonyl (C=O) groups is 1. The minimum absolute atomic E-state index is 0.0973. The molecule has 1 atom stereocenters. The van der Waals surface area contributed by atoms with Crippen LogP contribution in [-0.2, 0) is 9.53 Å². The van der Waals surface area contributed by atoms with Gasteiger partial charge in [0.05, 0.1) is 7.11 Å². The second-order valence-electron chi connectivity index (χ2n) is 4.09. The summed E-state index contributed by atoms with van der Waals surface area (Å²) in [6.45, 7) is 0. The number of rotatable bonds is 4. The van der Waals surface area contributed by atoms with Crippen LogP contribution < -0.4 is 5.73 Å². The van der Waals surface area contributed by atoms with E-state index in [0.717, 1.165) is 22.2 Å². The maximum Gasteiger partial charge on any atom is 0.319 e. The van der Waals surface area contributed by atoms with Crippen LogP contribution >= 0.6 is 27.7 Å². The SMILES string of the molecule is COC(=O)C(Sc1ccc(N)cc1Br)C1CC1. The van der Waals surface area contributed by atoms with Gasteiger partial charge in [-0.15, -0.1) is 11.8 Å². The van der Waals surface area contributed by atoms with Crippen LogP contribution in [-0.4, -0.2) is 18.3 Å². The minimum atomic E-state index is -0.138. The number of halogens is 1. The molecule has 0 aliphatic heterocycles. The van der Waals surface area contributed by atoms with Gasteiger partial charge in [0.15, 0.2) is 0 Å². The Morgan fingerprint density at radius 1 is 1.59 bits per heavy atom. The van der Waals surface area contributed by atoms with Gasteiger partial charge < -0.3 is 10.5 Å². The van der Waals surface area contributed by atoms with Crippen molar-refractivity contribution in [1.29, 1.82) is 0 Å². The first kappa shape index (κ1) is 12.8. The Labute approximate surface area is 113 Å². The number of methoxy groups -OCH3 is 1. The summed E-state index contributed by atoms with van der Waals surface area (Å²) in [5.41, 5.74) is 6.40. The first-order valence-electron chi connectivity index (χ1n) is 5.41. The Hall–Kier alpha value is -0.680. The molecule has 92 valence electrons. The molecule has 0 aromatic heterocycles. The molecule has 0 bridgehead atoms. The third-order valence-corrected chi connectivity index (χ3v) is 5.05. The number of anilines is 1. The van der Waals surface area contributed by atoms with E-state index in [1.165, 1.54) is 7.11 Å². The Morgan fingerprint density at radius 3 is 2.82 bits per heavy atom. The quantitative estimate of drug-likeness (QED) is 0.527. The van der Waals surface area contributed by atoms with Crippen LogP contribution in [0.3, 0.4) is 0 Å². The van der Waals surface area contributed by atoms with Crippen molar-refractivity contribution in [2.24, 2.45) is 5.92 Å². The lowest BCUT2D eigenvalue weighted by molar-refractivity contribution is -0.140. The minimum Gasteiger partial charge on any atom is -0.468 e. The standard InChI is InChI=1S/C12H14BrNO2S/c1-16-12(15)11(7-2-3-7)17-10-5-4-8(14)6-9(10)13/h4-7,11H,2-3,14H2,1H3. The highest BCUT2D eigenvalue weighted by molar-refractivity contribution is 9.10. The van der Waals surface area contributed by atoms with Crippen molar-refractivity contribution >= 4 is 39.3 Å². The van der Waals surface area contributed by atoms with E-state index in [-0.39, 0.29) is 11.2 Å². The van der Waals surface area contributed by atoms with Crippen molar-refractivity contribution in [3.05, 3.63) is 22.7 Å². The summed E-state index contributed by atoms with van der Waals surface area (Å²) in [7, 11) is 1.44. The van der Waals surface area contributed by atoms with Crippen LogP contribution in [0.25, 0.3) is 0 Å². The average Bonchev–Trinajstić information content (AvgIpc) is 3.11. The highest BCUT2D eigenvalue weighted by Gasteiger charge is 2.38. The second-order valence-corrected chi connectivity index (χ2v) is 6.13. The van der Waals surface area contributed by atoms with Gasteiger partial charge in [-0.3, -0.25) is 4.79 Å². The molecular formula is C12H14BrNO2S. The molecule has 1 aromatic carbocycles. The van der Waals surface area contributed by atoms with Crippen LogP contribution in [0.1, 0.15) is 12.8 Å². The Kier molecular flexibility index (Phi) is 3.99. The zero-order valence-electron chi connectivity index (χ0n) is 9.48. The molecule has 2 rings (SSSR count). The first-order valence-corrected chi connectivity index (χ1v) is 7.08. The van der Waals surface area contributed by atoms with Gasteiger partial charge in [0, 0.05) is 15.1 Å². The molecule has 3 nitrogen and oxygen atoms in total. The van der Waals surface area contributed by atoms with Crippen molar-refractivity contribution in [3.63, 3.8) is 0 Å². The average molecular weight is 316 g/mol. The summed E-state index contributed by atoms with van der Waals surface area (Å²) in [5.74, 6) is 0.318.